The first kappa shape index (κ1) is 7.03. The van der Waals surface area contributed by atoms with E-state index in [1.807, 2.05) is 0 Å². The molecule has 8 heavy (non-hydrogen) atoms. The normalized spacial score (nSPS) is 39.8. The Kier molecular flexibility index (Phi) is 2.80. The van der Waals surface area contributed by atoms with Gasteiger partial charge in [-0.15, -0.1) is 0 Å². The quantitative estimate of drug-likeness (QED) is 0.508. The third kappa shape index (κ3) is 2.03. The van der Waals surface area contributed by atoms with Gasteiger partial charge in [-0.25, -0.2) is 0 Å². The van der Waals surface area contributed by atoms with Crippen molar-refractivity contribution in [2.75, 3.05) is 0 Å². The van der Waals surface area contributed by atoms with Crippen molar-refractivity contribution in [3.8, 4) is 0 Å². The minimum Gasteiger partial charge on any atom is -0.293 e. The Balaban J connectivity index is 2.23. The van der Waals surface area contributed by atoms with E-state index in [4.69, 9.17) is 0 Å². The van der Waals surface area contributed by atoms with Crippen molar-refractivity contribution in [3.05, 3.63) is 0 Å². The molecule has 0 aliphatic carbocycles. The number of nitrogens with one attached hydrogen (secondary N) is 1. The Morgan fingerprint density at radius 3 is 1.88 bits per heavy atom. The second-order valence-electron chi connectivity index (χ2n) is 2.03. The summed E-state index contributed by atoms with van der Waals surface area (Å²) in [6.45, 7) is 0. The van der Waals surface area contributed by atoms with Crippen molar-refractivity contribution in [3.63, 3.8) is 0 Å². The van der Waals surface area contributed by atoms with Crippen LogP contribution in [0, 0.1) is 0 Å². The van der Waals surface area contributed by atoms with Gasteiger partial charge in [-0.3, -0.25) is 5.32 Å². The maximum absolute atomic E-state index is 3.49. The second kappa shape index (κ2) is 3.18. The molecule has 0 spiro atoms. The van der Waals surface area contributed by atoms with Gasteiger partial charge in [0.15, 0.2) is 0 Å². The lowest BCUT2D eigenvalue weighted by atomic mass is 10.2. The second-order valence-corrected chi connectivity index (χ2v) is 4.24. The molecule has 2 atom stereocenters. The summed E-state index contributed by atoms with van der Waals surface area (Å²) in [5.41, 5.74) is 0. The fourth-order valence-electron chi connectivity index (χ4n) is 0.839. The van der Waals surface area contributed by atoms with Crippen molar-refractivity contribution in [1.82, 2.24) is 5.32 Å². The van der Waals surface area contributed by atoms with E-state index in [2.05, 4.69) is 37.2 Å². The van der Waals surface area contributed by atoms with Crippen LogP contribution in [0.2, 0.25) is 0 Å². The van der Waals surface area contributed by atoms with Gasteiger partial charge in [0, 0.05) is 0 Å². The predicted molar refractivity (Wildman–Crippen MR) is 42.4 cm³/mol. The minimum absolute atomic E-state index is 0.528. The highest BCUT2D eigenvalue weighted by atomic mass is 79.9. The minimum atomic E-state index is 0.528. The molecular weight excluding hydrogens is 234 g/mol. The number of halogens is 2. The molecule has 0 amide bonds. The van der Waals surface area contributed by atoms with Crippen LogP contribution in [-0.2, 0) is 0 Å². The number of piperidine rings is 1. The Labute approximate surface area is 66.5 Å². The molecule has 0 aromatic carbocycles. The average molecular weight is 243 g/mol. The Hall–Kier alpha value is 0.920. The molecule has 0 radical (unpaired) electrons. The topological polar surface area (TPSA) is 12.0 Å². The van der Waals surface area contributed by atoms with Crippen molar-refractivity contribution >= 4 is 31.9 Å². The van der Waals surface area contributed by atoms with Gasteiger partial charge in [-0.05, 0) is 19.3 Å². The number of hydrogen-bond donors (Lipinski definition) is 1. The summed E-state index contributed by atoms with van der Waals surface area (Å²) in [4.78, 5) is 1.06. The van der Waals surface area contributed by atoms with E-state index in [9.17, 15) is 0 Å². The van der Waals surface area contributed by atoms with E-state index in [-0.39, 0.29) is 0 Å². The highest BCUT2D eigenvalue weighted by molar-refractivity contribution is 9.10. The van der Waals surface area contributed by atoms with Gasteiger partial charge in [-0.2, -0.15) is 0 Å². The van der Waals surface area contributed by atoms with Crippen LogP contribution in [0.15, 0.2) is 0 Å². The molecule has 1 aliphatic heterocycles. The predicted octanol–water partition coefficient (Wildman–Crippen LogP) is 2.20. The van der Waals surface area contributed by atoms with E-state index in [1.54, 1.807) is 0 Å². The van der Waals surface area contributed by atoms with E-state index in [0.717, 1.165) is 0 Å². The first-order valence-corrected chi connectivity index (χ1v) is 4.66. The molecule has 1 heterocycles. The molecule has 0 saturated carbocycles. The lowest BCUT2D eigenvalue weighted by molar-refractivity contribution is 0.476. The van der Waals surface area contributed by atoms with Crippen LogP contribution in [0.4, 0.5) is 0 Å². The SMILES string of the molecule is Br[C@@H]1CCC[C@@H](Br)N1. The van der Waals surface area contributed by atoms with Gasteiger partial charge in [-0.1, -0.05) is 31.9 Å². The molecule has 1 fully saturated rings. The Bertz CT molecular complexity index is 68.8. The van der Waals surface area contributed by atoms with Gasteiger partial charge < -0.3 is 0 Å². The highest BCUT2D eigenvalue weighted by Gasteiger charge is 2.14. The van der Waals surface area contributed by atoms with Crippen LogP contribution in [0.5, 0.6) is 0 Å². The summed E-state index contributed by atoms with van der Waals surface area (Å²) in [7, 11) is 0. The molecule has 48 valence electrons. The van der Waals surface area contributed by atoms with Crippen molar-refractivity contribution in [2.45, 2.75) is 29.2 Å². The molecule has 0 aromatic rings. The zero-order valence-corrected chi connectivity index (χ0v) is 7.70. The van der Waals surface area contributed by atoms with Gasteiger partial charge in [0.2, 0.25) is 0 Å². The van der Waals surface area contributed by atoms with Crippen molar-refractivity contribution in [1.29, 1.82) is 0 Å². The van der Waals surface area contributed by atoms with Gasteiger partial charge >= 0.3 is 0 Å². The smallest absolute Gasteiger partial charge is 0.0639 e. The zero-order chi connectivity index (χ0) is 5.98. The molecule has 3 heteroatoms. The standard InChI is InChI=1S/C5H9Br2N/c6-4-2-1-3-5(7)8-4/h4-5,8H,1-3H2/t4-,5-/m0/s1. The maximum atomic E-state index is 3.49. The molecule has 1 nitrogen and oxygen atoms in total. The monoisotopic (exact) mass is 241 g/mol. The summed E-state index contributed by atoms with van der Waals surface area (Å²) in [6.07, 6.45) is 3.82. The summed E-state index contributed by atoms with van der Waals surface area (Å²) in [5, 5.41) is 3.31. The third-order valence-corrected chi connectivity index (χ3v) is 2.72. The summed E-state index contributed by atoms with van der Waals surface area (Å²) >= 11 is 6.98. The lowest BCUT2D eigenvalue weighted by Crippen LogP contribution is -2.34. The van der Waals surface area contributed by atoms with E-state index in [0.29, 0.717) is 9.90 Å². The summed E-state index contributed by atoms with van der Waals surface area (Å²) in [5.74, 6) is 0. The van der Waals surface area contributed by atoms with Gasteiger partial charge in [0.1, 0.15) is 0 Å². The Morgan fingerprint density at radius 2 is 1.62 bits per heavy atom. The molecule has 1 rings (SSSR count). The van der Waals surface area contributed by atoms with Gasteiger partial charge in [0.05, 0.1) is 9.90 Å². The molecule has 1 saturated heterocycles. The lowest BCUT2D eigenvalue weighted by Gasteiger charge is -2.22. The first-order chi connectivity index (χ1) is 3.79. The largest absolute Gasteiger partial charge is 0.293 e. The summed E-state index contributed by atoms with van der Waals surface area (Å²) in [6, 6.07) is 0. The first-order valence-electron chi connectivity index (χ1n) is 2.83. The van der Waals surface area contributed by atoms with E-state index < -0.39 is 0 Å². The van der Waals surface area contributed by atoms with Crippen LogP contribution in [0.25, 0.3) is 0 Å². The Morgan fingerprint density at radius 1 is 1.12 bits per heavy atom. The van der Waals surface area contributed by atoms with E-state index >= 15 is 0 Å². The zero-order valence-electron chi connectivity index (χ0n) is 4.53. The van der Waals surface area contributed by atoms with Crippen LogP contribution < -0.4 is 5.32 Å². The van der Waals surface area contributed by atoms with Crippen LogP contribution >= 0.6 is 31.9 Å². The van der Waals surface area contributed by atoms with Crippen molar-refractivity contribution in [2.24, 2.45) is 0 Å². The maximum Gasteiger partial charge on any atom is 0.0639 e. The third-order valence-electron chi connectivity index (χ3n) is 1.28. The molecule has 0 bridgehead atoms. The van der Waals surface area contributed by atoms with Crippen molar-refractivity contribution < 1.29 is 0 Å². The number of alkyl halides is 2. The summed E-state index contributed by atoms with van der Waals surface area (Å²) < 4.78 is 0. The van der Waals surface area contributed by atoms with Gasteiger partial charge in [0.25, 0.3) is 0 Å². The molecular formula is C5H9Br2N. The van der Waals surface area contributed by atoms with Crippen LogP contribution in [0.1, 0.15) is 19.3 Å². The molecule has 1 aliphatic rings. The molecule has 0 aromatic heterocycles. The molecule has 1 N–H and O–H groups in total. The fourth-order valence-corrected chi connectivity index (χ4v) is 2.48. The number of rotatable bonds is 0. The van der Waals surface area contributed by atoms with Crippen LogP contribution in [0.3, 0.4) is 0 Å². The number of hydrogen-bond acceptors (Lipinski definition) is 1. The molecule has 0 unspecified atom stereocenters. The van der Waals surface area contributed by atoms with Crippen LogP contribution in [-0.4, -0.2) is 9.90 Å². The highest BCUT2D eigenvalue weighted by Crippen LogP contribution is 2.19. The average Bonchev–Trinajstić information content (AvgIpc) is 1.64. The fraction of sp³-hybridized carbons (Fsp3) is 1.00. The van der Waals surface area contributed by atoms with E-state index in [1.165, 1.54) is 19.3 Å².